The number of nitrogens with zero attached hydrogens (tertiary/aromatic N) is 1. The van der Waals surface area contributed by atoms with Crippen molar-refractivity contribution >= 4 is 0 Å². The van der Waals surface area contributed by atoms with E-state index < -0.39 is 6.10 Å². The number of aliphatic hydroxyl groups is 1. The molecule has 0 saturated heterocycles. The molecular weight excluding hydrogens is 238 g/mol. The minimum Gasteiger partial charge on any atom is -0.493 e. The van der Waals surface area contributed by atoms with Gasteiger partial charge in [-0.2, -0.15) is 0 Å². The normalized spacial score (nSPS) is 13.0. The Morgan fingerprint density at radius 1 is 1.26 bits per heavy atom. The Bertz CT molecular complexity index is 366. The van der Waals surface area contributed by atoms with Gasteiger partial charge in [-0.25, -0.2) is 0 Å². The van der Waals surface area contributed by atoms with Crippen LogP contribution in [0.25, 0.3) is 0 Å². The Hall–Kier alpha value is -1.06. The van der Waals surface area contributed by atoms with Crippen LogP contribution in [0.3, 0.4) is 0 Å². The van der Waals surface area contributed by atoms with Crippen molar-refractivity contribution in [2.45, 2.75) is 33.3 Å². The van der Waals surface area contributed by atoms with Gasteiger partial charge in [0.05, 0.1) is 12.7 Å². The first kappa shape index (κ1) is 16.0. The van der Waals surface area contributed by atoms with Crippen LogP contribution < -0.4 is 4.74 Å². The second kappa shape index (κ2) is 8.18. The molecule has 0 aromatic heterocycles. The Balaban J connectivity index is 2.59. The van der Waals surface area contributed by atoms with Gasteiger partial charge in [-0.3, -0.25) is 0 Å². The highest BCUT2D eigenvalue weighted by Crippen LogP contribution is 2.25. The zero-order valence-corrected chi connectivity index (χ0v) is 12.6. The van der Waals surface area contributed by atoms with E-state index in [2.05, 4.69) is 25.8 Å². The molecule has 108 valence electrons. The molecule has 0 radical (unpaired) electrons. The Kier molecular flexibility index (Phi) is 6.89. The molecule has 0 bridgehead atoms. The van der Waals surface area contributed by atoms with E-state index in [0.717, 1.165) is 24.3 Å². The number of likely N-dealkylation sites (N-methyl/N-ethyl adjacent to an activating group) is 1. The summed E-state index contributed by atoms with van der Waals surface area (Å²) in [6, 6.07) is 7.72. The summed E-state index contributed by atoms with van der Waals surface area (Å²) >= 11 is 0. The lowest BCUT2D eigenvalue weighted by molar-refractivity contribution is 0.121. The molecule has 0 heterocycles. The second-order valence-electron chi connectivity index (χ2n) is 5.43. The number of para-hydroxylation sites is 1. The Morgan fingerprint density at radius 2 is 1.95 bits per heavy atom. The maximum absolute atomic E-state index is 10.3. The van der Waals surface area contributed by atoms with Crippen LogP contribution >= 0.6 is 0 Å². The second-order valence-corrected chi connectivity index (χ2v) is 5.43. The molecule has 0 spiro atoms. The topological polar surface area (TPSA) is 32.7 Å². The zero-order chi connectivity index (χ0) is 14.3. The Labute approximate surface area is 117 Å². The van der Waals surface area contributed by atoms with Crippen LogP contribution in [0.5, 0.6) is 5.75 Å². The molecule has 1 N–H and O–H groups in total. The number of rotatable bonds is 8. The van der Waals surface area contributed by atoms with E-state index in [-0.39, 0.29) is 0 Å². The van der Waals surface area contributed by atoms with Gasteiger partial charge in [-0.15, -0.1) is 0 Å². The molecule has 1 atom stereocenters. The first-order chi connectivity index (χ1) is 9.04. The van der Waals surface area contributed by atoms with Crippen molar-refractivity contribution in [2.24, 2.45) is 5.92 Å². The van der Waals surface area contributed by atoms with Crippen LogP contribution in [0.15, 0.2) is 24.3 Å². The van der Waals surface area contributed by atoms with Gasteiger partial charge in [0.1, 0.15) is 5.75 Å². The molecule has 19 heavy (non-hydrogen) atoms. The van der Waals surface area contributed by atoms with Gasteiger partial charge in [0.15, 0.2) is 0 Å². The van der Waals surface area contributed by atoms with E-state index in [1.165, 1.54) is 0 Å². The highest BCUT2D eigenvalue weighted by atomic mass is 16.5. The van der Waals surface area contributed by atoms with Crippen LogP contribution in [0.1, 0.15) is 38.9 Å². The van der Waals surface area contributed by atoms with E-state index >= 15 is 0 Å². The summed E-state index contributed by atoms with van der Waals surface area (Å²) in [6.07, 6.45) is 0.649. The molecule has 1 rings (SSSR count). The highest BCUT2D eigenvalue weighted by Gasteiger charge is 2.15. The molecule has 0 aliphatic rings. The van der Waals surface area contributed by atoms with Crippen LogP contribution in [0.4, 0.5) is 0 Å². The van der Waals surface area contributed by atoms with Gasteiger partial charge in [0, 0.05) is 12.1 Å². The van der Waals surface area contributed by atoms with Crippen molar-refractivity contribution in [3.63, 3.8) is 0 Å². The molecule has 0 aliphatic heterocycles. The van der Waals surface area contributed by atoms with Crippen LogP contribution in [0.2, 0.25) is 0 Å². The van der Waals surface area contributed by atoms with Crippen molar-refractivity contribution in [3.8, 4) is 5.75 Å². The van der Waals surface area contributed by atoms with E-state index in [4.69, 9.17) is 4.74 Å². The lowest BCUT2D eigenvalue weighted by Crippen LogP contribution is -2.26. The molecule has 1 aromatic carbocycles. The molecule has 1 aromatic rings. The minimum absolute atomic E-state index is 0.500. The minimum atomic E-state index is -0.500. The fourth-order valence-electron chi connectivity index (χ4n) is 2.01. The summed E-state index contributed by atoms with van der Waals surface area (Å²) in [4.78, 5) is 2.17. The van der Waals surface area contributed by atoms with Gasteiger partial charge in [-0.05, 0) is 38.9 Å². The molecular formula is C16H27NO2. The van der Waals surface area contributed by atoms with Crippen molar-refractivity contribution in [3.05, 3.63) is 29.8 Å². The van der Waals surface area contributed by atoms with E-state index in [1.54, 1.807) is 0 Å². The van der Waals surface area contributed by atoms with E-state index in [9.17, 15) is 5.11 Å². The quantitative estimate of drug-likeness (QED) is 0.784. The van der Waals surface area contributed by atoms with E-state index in [0.29, 0.717) is 19.1 Å². The van der Waals surface area contributed by atoms with E-state index in [1.807, 2.05) is 31.2 Å². The fourth-order valence-corrected chi connectivity index (χ4v) is 2.01. The molecule has 3 heteroatoms. The van der Waals surface area contributed by atoms with Gasteiger partial charge in [0.2, 0.25) is 0 Å². The monoisotopic (exact) mass is 265 g/mol. The summed E-state index contributed by atoms with van der Waals surface area (Å²) < 4.78 is 5.56. The molecule has 0 fully saturated rings. The smallest absolute Gasteiger partial charge is 0.125 e. The molecule has 0 aliphatic carbocycles. The SMILES string of the molecule is CCOc1ccccc1C(O)CN(C)CCC(C)C. The summed E-state index contributed by atoms with van der Waals surface area (Å²) in [5, 5.41) is 10.3. The molecule has 0 saturated carbocycles. The van der Waals surface area contributed by atoms with Crippen LogP contribution in [0, 0.1) is 5.92 Å². The summed E-state index contributed by atoms with van der Waals surface area (Å²) in [5.41, 5.74) is 0.876. The van der Waals surface area contributed by atoms with Gasteiger partial charge >= 0.3 is 0 Å². The predicted molar refractivity (Wildman–Crippen MR) is 79.5 cm³/mol. The lowest BCUT2D eigenvalue weighted by atomic mass is 10.1. The fraction of sp³-hybridized carbons (Fsp3) is 0.625. The van der Waals surface area contributed by atoms with Gasteiger partial charge < -0.3 is 14.7 Å². The van der Waals surface area contributed by atoms with Gasteiger partial charge in [0.25, 0.3) is 0 Å². The molecule has 3 nitrogen and oxygen atoms in total. The highest BCUT2D eigenvalue weighted by molar-refractivity contribution is 5.35. The summed E-state index contributed by atoms with van der Waals surface area (Å²) in [7, 11) is 2.05. The van der Waals surface area contributed by atoms with Crippen molar-refractivity contribution in [2.75, 3.05) is 26.7 Å². The average molecular weight is 265 g/mol. The molecule has 1 unspecified atom stereocenters. The first-order valence-electron chi connectivity index (χ1n) is 7.12. The van der Waals surface area contributed by atoms with Crippen LogP contribution in [-0.2, 0) is 0 Å². The summed E-state index contributed by atoms with van der Waals surface area (Å²) in [6.45, 7) is 8.65. The van der Waals surface area contributed by atoms with Crippen molar-refractivity contribution in [1.82, 2.24) is 4.90 Å². The predicted octanol–water partition coefficient (Wildman–Crippen LogP) is 3.10. The largest absolute Gasteiger partial charge is 0.493 e. The third-order valence-corrected chi connectivity index (χ3v) is 3.15. The third-order valence-electron chi connectivity index (χ3n) is 3.15. The van der Waals surface area contributed by atoms with Crippen molar-refractivity contribution < 1.29 is 9.84 Å². The maximum Gasteiger partial charge on any atom is 0.125 e. The number of hydrogen-bond donors (Lipinski definition) is 1. The number of benzene rings is 1. The lowest BCUT2D eigenvalue weighted by Gasteiger charge is -2.22. The van der Waals surface area contributed by atoms with Gasteiger partial charge in [-0.1, -0.05) is 32.0 Å². The number of hydrogen-bond acceptors (Lipinski definition) is 3. The number of aliphatic hydroxyl groups excluding tert-OH is 1. The summed E-state index contributed by atoms with van der Waals surface area (Å²) in [5.74, 6) is 1.48. The molecule has 0 amide bonds. The third kappa shape index (κ3) is 5.62. The standard InChI is InChI=1S/C16H27NO2/c1-5-19-16-9-7-6-8-14(16)15(18)12-17(4)11-10-13(2)3/h6-9,13,15,18H,5,10-12H2,1-4H3. The average Bonchev–Trinajstić information content (AvgIpc) is 2.37. The number of ether oxygens (including phenoxy) is 1. The maximum atomic E-state index is 10.3. The van der Waals surface area contributed by atoms with Crippen LogP contribution in [-0.4, -0.2) is 36.8 Å². The van der Waals surface area contributed by atoms with Crippen molar-refractivity contribution in [1.29, 1.82) is 0 Å². The first-order valence-corrected chi connectivity index (χ1v) is 7.12. The Morgan fingerprint density at radius 3 is 2.58 bits per heavy atom. The zero-order valence-electron chi connectivity index (χ0n) is 12.6.